The van der Waals surface area contributed by atoms with Crippen LogP contribution < -0.4 is 9.64 Å². The molecular weight excluding hydrogens is 438 g/mol. The van der Waals surface area contributed by atoms with E-state index in [0.717, 1.165) is 5.69 Å². The minimum atomic E-state index is -0.580. The Hall–Kier alpha value is -4.40. The second kappa shape index (κ2) is 10.5. The third-order valence-electron chi connectivity index (χ3n) is 5.45. The van der Waals surface area contributed by atoms with E-state index in [1.165, 1.54) is 12.1 Å². The average Bonchev–Trinajstić information content (AvgIpc) is 2.88. The van der Waals surface area contributed by atoms with Crippen LogP contribution in [0.25, 0.3) is 0 Å². The smallest absolute Gasteiger partial charge is 0.338 e. The van der Waals surface area contributed by atoms with Crippen LogP contribution in [0.15, 0.2) is 78.9 Å². The molecule has 1 aliphatic heterocycles. The number of rotatable bonds is 7. The van der Waals surface area contributed by atoms with Gasteiger partial charge in [-0.1, -0.05) is 18.2 Å². The lowest BCUT2D eigenvalue weighted by atomic mass is 10.2. The summed E-state index contributed by atoms with van der Waals surface area (Å²) in [6, 6.07) is 22.2. The Morgan fingerprint density at radius 1 is 0.824 bits per heavy atom. The van der Waals surface area contributed by atoms with Crippen LogP contribution in [-0.4, -0.2) is 54.5 Å². The molecule has 0 bridgehead atoms. The Labute approximate surface area is 196 Å². The molecule has 4 rings (SSSR count). The van der Waals surface area contributed by atoms with E-state index in [1.807, 2.05) is 30.3 Å². The maximum absolute atomic E-state index is 12.5. The maximum Gasteiger partial charge on any atom is 0.338 e. The summed E-state index contributed by atoms with van der Waals surface area (Å²) in [6.07, 6.45) is 0. The number of carbonyl (C=O) groups excluding carboxylic acids is 2. The maximum atomic E-state index is 12.5. The van der Waals surface area contributed by atoms with Gasteiger partial charge >= 0.3 is 5.97 Å². The van der Waals surface area contributed by atoms with Crippen molar-refractivity contribution in [3.05, 3.63) is 94.5 Å². The molecule has 1 heterocycles. The van der Waals surface area contributed by atoms with Crippen molar-refractivity contribution in [2.75, 3.05) is 37.7 Å². The molecular formula is C25H23N3O6. The van der Waals surface area contributed by atoms with E-state index in [0.29, 0.717) is 43.2 Å². The number of hydrogen-bond donors (Lipinski definition) is 0. The molecule has 1 fully saturated rings. The molecule has 9 heteroatoms. The third-order valence-corrected chi connectivity index (χ3v) is 5.45. The van der Waals surface area contributed by atoms with Crippen LogP contribution in [0.2, 0.25) is 0 Å². The van der Waals surface area contributed by atoms with Crippen LogP contribution in [-0.2, 0) is 9.53 Å². The molecule has 0 spiro atoms. The number of hydrogen-bond acceptors (Lipinski definition) is 7. The molecule has 3 aromatic carbocycles. The Morgan fingerprint density at radius 2 is 1.44 bits per heavy atom. The van der Waals surface area contributed by atoms with Crippen LogP contribution in [0, 0.1) is 10.1 Å². The molecule has 3 aromatic rings. The summed E-state index contributed by atoms with van der Waals surface area (Å²) in [7, 11) is 0. The summed E-state index contributed by atoms with van der Waals surface area (Å²) in [5.41, 5.74) is 1.23. The molecule has 0 aliphatic carbocycles. The minimum Gasteiger partial charge on any atom is -0.457 e. The van der Waals surface area contributed by atoms with Gasteiger partial charge in [0.25, 0.3) is 11.6 Å². The van der Waals surface area contributed by atoms with Gasteiger partial charge in [0.15, 0.2) is 6.61 Å². The van der Waals surface area contributed by atoms with Crippen LogP contribution in [0.3, 0.4) is 0 Å². The van der Waals surface area contributed by atoms with Gasteiger partial charge in [0.1, 0.15) is 11.5 Å². The van der Waals surface area contributed by atoms with Crippen LogP contribution >= 0.6 is 0 Å². The Balaban J connectivity index is 1.23. The zero-order valence-electron chi connectivity index (χ0n) is 18.3. The second-order valence-corrected chi connectivity index (χ2v) is 7.66. The molecule has 0 saturated carbocycles. The number of piperazine rings is 1. The largest absolute Gasteiger partial charge is 0.457 e. The number of carbonyl (C=O) groups is 2. The number of para-hydroxylation sites is 1. The fourth-order valence-corrected chi connectivity index (χ4v) is 3.58. The lowest BCUT2D eigenvalue weighted by molar-refractivity contribution is -0.384. The number of esters is 1. The quantitative estimate of drug-likeness (QED) is 0.299. The van der Waals surface area contributed by atoms with Crippen LogP contribution in [0.5, 0.6) is 11.5 Å². The predicted octanol–water partition coefficient (Wildman–Crippen LogP) is 3.89. The normalized spacial score (nSPS) is 13.3. The van der Waals surface area contributed by atoms with Crippen LogP contribution in [0.4, 0.5) is 11.4 Å². The number of nitro benzene ring substituents is 1. The van der Waals surface area contributed by atoms with Crippen LogP contribution in [0.1, 0.15) is 10.4 Å². The van der Waals surface area contributed by atoms with Gasteiger partial charge in [0.05, 0.1) is 10.5 Å². The summed E-state index contributed by atoms with van der Waals surface area (Å²) in [6.45, 7) is 1.77. The van der Waals surface area contributed by atoms with E-state index >= 15 is 0 Å². The molecule has 0 atom stereocenters. The first-order valence-corrected chi connectivity index (χ1v) is 10.8. The molecule has 1 aliphatic rings. The highest BCUT2D eigenvalue weighted by Crippen LogP contribution is 2.22. The topological polar surface area (TPSA) is 102 Å². The van der Waals surface area contributed by atoms with E-state index < -0.39 is 10.9 Å². The van der Waals surface area contributed by atoms with Crippen molar-refractivity contribution < 1.29 is 24.0 Å². The number of nitrogens with zero attached hydrogens (tertiary/aromatic N) is 3. The first kappa shape index (κ1) is 22.8. The van der Waals surface area contributed by atoms with E-state index in [-0.39, 0.29) is 18.2 Å². The van der Waals surface area contributed by atoms with Gasteiger partial charge < -0.3 is 19.3 Å². The molecule has 1 saturated heterocycles. The Kier molecular flexibility index (Phi) is 7.02. The van der Waals surface area contributed by atoms with E-state index in [4.69, 9.17) is 9.47 Å². The third kappa shape index (κ3) is 5.69. The zero-order chi connectivity index (χ0) is 23.9. The van der Waals surface area contributed by atoms with E-state index in [2.05, 4.69) is 4.90 Å². The van der Waals surface area contributed by atoms with Gasteiger partial charge in [-0.15, -0.1) is 0 Å². The fraction of sp³-hybridized carbons (Fsp3) is 0.200. The zero-order valence-corrected chi connectivity index (χ0v) is 18.3. The van der Waals surface area contributed by atoms with Crippen molar-refractivity contribution in [1.82, 2.24) is 4.90 Å². The molecule has 34 heavy (non-hydrogen) atoms. The van der Waals surface area contributed by atoms with E-state index in [1.54, 1.807) is 41.3 Å². The Bertz CT molecular complexity index is 1140. The predicted molar refractivity (Wildman–Crippen MR) is 125 cm³/mol. The summed E-state index contributed by atoms with van der Waals surface area (Å²) in [5, 5.41) is 10.8. The van der Waals surface area contributed by atoms with Gasteiger partial charge in [-0.3, -0.25) is 14.9 Å². The van der Waals surface area contributed by atoms with E-state index in [9.17, 15) is 19.7 Å². The monoisotopic (exact) mass is 461 g/mol. The number of non-ortho nitro benzene ring substituents is 1. The lowest BCUT2D eigenvalue weighted by Crippen LogP contribution is -2.49. The van der Waals surface area contributed by atoms with Gasteiger partial charge in [0.2, 0.25) is 0 Å². The van der Waals surface area contributed by atoms with Gasteiger partial charge in [-0.2, -0.15) is 0 Å². The number of anilines is 1. The fourth-order valence-electron chi connectivity index (χ4n) is 3.58. The standard InChI is InChI=1S/C25H23N3O6/c29-24(27-16-14-26(15-17-27)20-8-10-21(11-9-20)28(31)32)18-33-25(30)19-6-12-23(13-7-19)34-22-4-2-1-3-5-22/h1-13H,14-18H2. The van der Waals surface area contributed by atoms with Crippen molar-refractivity contribution in [3.8, 4) is 11.5 Å². The average molecular weight is 461 g/mol. The Morgan fingerprint density at radius 3 is 2.06 bits per heavy atom. The summed E-state index contributed by atoms with van der Waals surface area (Å²) >= 11 is 0. The van der Waals surface area contributed by atoms with Gasteiger partial charge in [0, 0.05) is 44.0 Å². The molecule has 0 radical (unpaired) electrons. The molecule has 1 amide bonds. The first-order valence-electron chi connectivity index (χ1n) is 10.8. The molecule has 9 nitrogen and oxygen atoms in total. The highest BCUT2D eigenvalue weighted by molar-refractivity contribution is 5.91. The second-order valence-electron chi connectivity index (χ2n) is 7.66. The van der Waals surface area contributed by atoms with Crippen molar-refractivity contribution in [1.29, 1.82) is 0 Å². The summed E-state index contributed by atoms with van der Waals surface area (Å²) < 4.78 is 10.9. The van der Waals surface area contributed by atoms with Gasteiger partial charge in [-0.05, 0) is 48.5 Å². The van der Waals surface area contributed by atoms with Crippen molar-refractivity contribution in [3.63, 3.8) is 0 Å². The molecule has 0 N–H and O–H groups in total. The number of ether oxygens (including phenoxy) is 2. The summed E-state index contributed by atoms with van der Waals surface area (Å²) in [4.78, 5) is 38.9. The van der Waals surface area contributed by atoms with Crippen molar-refractivity contribution in [2.24, 2.45) is 0 Å². The van der Waals surface area contributed by atoms with Crippen molar-refractivity contribution >= 4 is 23.3 Å². The minimum absolute atomic E-state index is 0.0396. The highest BCUT2D eigenvalue weighted by Gasteiger charge is 2.23. The summed E-state index contributed by atoms with van der Waals surface area (Å²) in [5.74, 6) is 0.437. The highest BCUT2D eigenvalue weighted by atomic mass is 16.6. The molecule has 0 aromatic heterocycles. The SMILES string of the molecule is O=C(OCC(=O)N1CCN(c2ccc([N+](=O)[O-])cc2)CC1)c1ccc(Oc2ccccc2)cc1. The molecule has 174 valence electrons. The number of benzene rings is 3. The number of amides is 1. The lowest BCUT2D eigenvalue weighted by Gasteiger charge is -2.36. The van der Waals surface area contributed by atoms with Gasteiger partial charge in [-0.25, -0.2) is 4.79 Å². The molecule has 0 unspecified atom stereocenters. The van der Waals surface area contributed by atoms with Crippen molar-refractivity contribution in [2.45, 2.75) is 0 Å². The first-order chi connectivity index (χ1) is 16.5. The number of nitro groups is 1.